The van der Waals surface area contributed by atoms with Gasteiger partial charge in [0.15, 0.2) is 0 Å². The zero-order valence-corrected chi connectivity index (χ0v) is 10.4. The van der Waals surface area contributed by atoms with Crippen molar-refractivity contribution < 1.29 is 19.4 Å². The van der Waals surface area contributed by atoms with Crippen molar-refractivity contribution in [3.8, 4) is 0 Å². The Labute approximate surface area is 109 Å². The van der Waals surface area contributed by atoms with Crippen LogP contribution in [0.3, 0.4) is 0 Å². The van der Waals surface area contributed by atoms with E-state index < -0.39 is 5.97 Å². The van der Waals surface area contributed by atoms with E-state index >= 15 is 0 Å². The first kappa shape index (κ1) is 14.9. The molecule has 0 bridgehead atoms. The number of carboxylic acids is 1. The van der Waals surface area contributed by atoms with Crippen LogP contribution in [-0.2, 0) is 16.0 Å². The maximum Gasteiger partial charge on any atom is 0.314 e. The first-order chi connectivity index (χ1) is 9.18. The van der Waals surface area contributed by atoms with E-state index in [9.17, 15) is 9.59 Å². The highest BCUT2D eigenvalue weighted by Crippen LogP contribution is 1.85. The van der Waals surface area contributed by atoms with E-state index in [-0.39, 0.29) is 25.7 Å². The van der Waals surface area contributed by atoms with Crippen molar-refractivity contribution >= 4 is 12.0 Å². The fourth-order valence-corrected chi connectivity index (χ4v) is 1.21. The molecule has 0 aliphatic rings. The molecule has 9 heteroatoms. The molecule has 0 saturated carbocycles. The normalized spacial score (nSPS) is 10.1. The predicted molar refractivity (Wildman–Crippen MR) is 64.6 cm³/mol. The molecule has 1 heterocycles. The molecule has 1 aromatic rings. The van der Waals surface area contributed by atoms with Crippen molar-refractivity contribution in [2.45, 2.75) is 12.8 Å². The number of rotatable bonds is 9. The van der Waals surface area contributed by atoms with Crippen molar-refractivity contribution in [2.24, 2.45) is 0 Å². The van der Waals surface area contributed by atoms with Gasteiger partial charge in [-0.15, -0.1) is 0 Å². The molecule has 0 spiro atoms. The van der Waals surface area contributed by atoms with Gasteiger partial charge in [-0.2, -0.15) is 5.10 Å². The van der Waals surface area contributed by atoms with E-state index in [4.69, 9.17) is 9.84 Å². The van der Waals surface area contributed by atoms with Crippen LogP contribution in [0.5, 0.6) is 0 Å². The maximum atomic E-state index is 11.3. The third kappa shape index (κ3) is 7.71. The summed E-state index contributed by atoms with van der Waals surface area (Å²) in [6.45, 7) is 1.20. The van der Waals surface area contributed by atoms with Crippen molar-refractivity contribution in [3.05, 3.63) is 12.2 Å². The summed E-state index contributed by atoms with van der Waals surface area (Å²) in [5.41, 5.74) is 0. The molecule has 0 aromatic carbocycles. The minimum Gasteiger partial charge on any atom is -0.481 e. The molecular weight excluding hydrogens is 254 g/mol. The van der Waals surface area contributed by atoms with Gasteiger partial charge in [0.25, 0.3) is 0 Å². The van der Waals surface area contributed by atoms with E-state index in [1.165, 1.54) is 6.33 Å². The molecule has 9 nitrogen and oxygen atoms in total. The summed E-state index contributed by atoms with van der Waals surface area (Å²) in [6, 6.07) is -0.304. The number of nitrogens with zero attached hydrogens (tertiary/aromatic N) is 2. The molecule has 0 unspecified atom stereocenters. The summed E-state index contributed by atoms with van der Waals surface area (Å²) >= 11 is 0. The van der Waals surface area contributed by atoms with E-state index in [0.29, 0.717) is 25.3 Å². The Hall–Kier alpha value is -2.16. The molecule has 0 atom stereocenters. The first-order valence-electron chi connectivity index (χ1n) is 5.84. The number of hydrogen-bond donors (Lipinski definition) is 4. The maximum absolute atomic E-state index is 11.3. The number of carbonyl (C=O) groups is 2. The Kier molecular flexibility index (Phi) is 6.95. The van der Waals surface area contributed by atoms with Crippen molar-refractivity contribution in [3.63, 3.8) is 0 Å². The fraction of sp³-hybridized carbons (Fsp3) is 0.600. The molecule has 2 amide bonds. The third-order valence-corrected chi connectivity index (χ3v) is 2.10. The van der Waals surface area contributed by atoms with Gasteiger partial charge in [-0.25, -0.2) is 9.78 Å². The van der Waals surface area contributed by atoms with E-state index in [0.717, 1.165) is 0 Å². The van der Waals surface area contributed by atoms with Gasteiger partial charge in [-0.3, -0.25) is 9.89 Å². The van der Waals surface area contributed by atoms with Gasteiger partial charge in [0, 0.05) is 19.5 Å². The average molecular weight is 271 g/mol. The van der Waals surface area contributed by atoms with Crippen LogP contribution in [0.25, 0.3) is 0 Å². The lowest BCUT2D eigenvalue weighted by molar-refractivity contribution is -0.138. The Balaban J connectivity index is 1.92. The molecular formula is C10H17N5O4. The van der Waals surface area contributed by atoms with Crippen molar-refractivity contribution in [1.82, 2.24) is 25.8 Å². The summed E-state index contributed by atoms with van der Waals surface area (Å²) in [5, 5.41) is 20.0. The second kappa shape index (κ2) is 8.86. The molecule has 0 aliphatic heterocycles. The zero-order chi connectivity index (χ0) is 13.9. The van der Waals surface area contributed by atoms with Crippen molar-refractivity contribution in [1.29, 1.82) is 0 Å². The molecule has 0 aliphatic carbocycles. The molecule has 1 rings (SSSR count). The number of ether oxygens (including phenoxy) is 1. The lowest BCUT2D eigenvalue weighted by Gasteiger charge is -2.07. The number of aliphatic carboxylic acids is 1. The summed E-state index contributed by atoms with van der Waals surface area (Å²) in [4.78, 5) is 25.4. The topological polar surface area (TPSA) is 129 Å². The smallest absolute Gasteiger partial charge is 0.314 e. The number of carbonyl (C=O) groups excluding carboxylic acids is 1. The van der Waals surface area contributed by atoms with Gasteiger partial charge in [0.05, 0.1) is 19.6 Å². The van der Waals surface area contributed by atoms with Gasteiger partial charge < -0.3 is 20.5 Å². The van der Waals surface area contributed by atoms with Crippen LogP contribution in [0, 0.1) is 0 Å². The molecule has 19 heavy (non-hydrogen) atoms. The number of aromatic amines is 1. The number of urea groups is 1. The largest absolute Gasteiger partial charge is 0.481 e. The highest BCUT2D eigenvalue weighted by Gasteiger charge is 2.01. The van der Waals surface area contributed by atoms with E-state index in [1.54, 1.807) is 0 Å². The minimum absolute atomic E-state index is 0.0383. The number of aromatic nitrogens is 3. The van der Waals surface area contributed by atoms with Crippen LogP contribution in [0.1, 0.15) is 12.2 Å². The van der Waals surface area contributed by atoms with Crippen LogP contribution in [0.4, 0.5) is 4.79 Å². The quantitative estimate of drug-likeness (QED) is 0.432. The van der Waals surface area contributed by atoms with Crippen molar-refractivity contribution in [2.75, 3.05) is 26.3 Å². The fourth-order valence-electron chi connectivity index (χ4n) is 1.21. The van der Waals surface area contributed by atoms with Crippen LogP contribution in [0.2, 0.25) is 0 Å². The van der Waals surface area contributed by atoms with Crippen LogP contribution in [0.15, 0.2) is 6.33 Å². The Morgan fingerprint density at radius 2 is 2.11 bits per heavy atom. The second-order valence-electron chi connectivity index (χ2n) is 3.62. The highest BCUT2D eigenvalue weighted by atomic mass is 16.5. The van der Waals surface area contributed by atoms with E-state index in [1.807, 2.05) is 0 Å². The first-order valence-corrected chi connectivity index (χ1v) is 5.84. The third-order valence-electron chi connectivity index (χ3n) is 2.10. The molecule has 4 N–H and O–H groups in total. The summed E-state index contributed by atoms with van der Waals surface area (Å²) in [5.74, 6) is -0.199. The number of hydrogen-bond acceptors (Lipinski definition) is 5. The standard InChI is InChI=1S/C10H17N5O4/c16-9(17)2-5-19-6-4-12-10(18)11-3-1-8-13-7-14-15-8/h7H,1-6H2,(H,16,17)(H2,11,12,18)(H,13,14,15). The lowest BCUT2D eigenvalue weighted by atomic mass is 10.4. The molecule has 1 aromatic heterocycles. The molecule has 0 fully saturated rings. The average Bonchev–Trinajstić information content (AvgIpc) is 2.86. The number of nitrogens with one attached hydrogen (secondary N) is 3. The van der Waals surface area contributed by atoms with Gasteiger partial charge in [0.2, 0.25) is 0 Å². The summed E-state index contributed by atoms with van der Waals surface area (Å²) in [7, 11) is 0. The molecule has 0 saturated heterocycles. The minimum atomic E-state index is -0.905. The summed E-state index contributed by atoms with van der Waals surface area (Å²) < 4.78 is 5.01. The lowest BCUT2D eigenvalue weighted by Crippen LogP contribution is -2.38. The van der Waals surface area contributed by atoms with Crippen LogP contribution >= 0.6 is 0 Å². The van der Waals surface area contributed by atoms with Crippen LogP contribution in [-0.4, -0.2) is 58.6 Å². The SMILES string of the molecule is O=C(O)CCOCCNC(=O)NCCc1ncn[nH]1. The number of amides is 2. The van der Waals surface area contributed by atoms with Gasteiger partial charge in [-0.1, -0.05) is 0 Å². The molecule has 0 radical (unpaired) electrons. The zero-order valence-electron chi connectivity index (χ0n) is 10.4. The molecule has 106 valence electrons. The van der Waals surface area contributed by atoms with Gasteiger partial charge >= 0.3 is 12.0 Å². The highest BCUT2D eigenvalue weighted by molar-refractivity contribution is 5.73. The predicted octanol–water partition coefficient (Wildman–Crippen LogP) is -0.862. The van der Waals surface area contributed by atoms with E-state index in [2.05, 4.69) is 25.8 Å². The number of H-pyrrole nitrogens is 1. The second-order valence-corrected chi connectivity index (χ2v) is 3.62. The Morgan fingerprint density at radius 3 is 2.79 bits per heavy atom. The van der Waals surface area contributed by atoms with Gasteiger partial charge in [-0.05, 0) is 0 Å². The summed E-state index contributed by atoms with van der Waals surface area (Å²) in [6.07, 6.45) is 1.94. The van der Waals surface area contributed by atoms with Gasteiger partial charge in [0.1, 0.15) is 12.2 Å². The Morgan fingerprint density at radius 1 is 1.32 bits per heavy atom. The number of carboxylic acid groups (broad SMARTS) is 1. The monoisotopic (exact) mass is 271 g/mol. The Bertz CT molecular complexity index is 381. The van der Waals surface area contributed by atoms with Crippen LogP contribution < -0.4 is 10.6 Å².